The molecule has 0 bridgehead atoms. The van der Waals surface area contributed by atoms with Gasteiger partial charge in [-0.3, -0.25) is 4.57 Å². The third-order valence-corrected chi connectivity index (χ3v) is 4.27. The Bertz CT molecular complexity index is 530. The Morgan fingerprint density at radius 2 is 1.65 bits per heavy atom. The maximum Gasteiger partial charge on any atom is 0.208 e. The number of imidazole rings is 1. The number of nitrogens with one attached hydrogen (secondary N) is 1. The van der Waals surface area contributed by atoms with Crippen LogP contribution in [0.25, 0.3) is 5.69 Å². The molecule has 1 heterocycles. The first kappa shape index (κ1) is 14.6. The number of para-hydroxylation sites is 1. The number of anilines is 1. The highest BCUT2D eigenvalue weighted by Gasteiger charge is 2.25. The van der Waals surface area contributed by atoms with Crippen LogP contribution < -0.4 is 5.32 Å². The van der Waals surface area contributed by atoms with E-state index in [-0.39, 0.29) is 5.54 Å². The molecular formula is C17H25N3. The molecule has 2 aromatic rings. The van der Waals surface area contributed by atoms with Crippen molar-refractivity contribution in [3.05, 3.63) is 42.2 Å². The first-order chi connectivity index (χ1) is 9.64. The minimum atomic E-state index is 0.129. The van der Waals surface area contributed by atoms with Crippen LogP contribution in [0.2, 0.25) is 0 Å². The van der Waals surface area contributed by atoms with Gasteiger partial charge in [0.15, 0.2) is 0 Å². The van der Waals surface area contributed by atoms with Crippen LogP contribution in [0.4, 0.5) is 5.95 Å². The van der Waals surface area contributed by atoms with Crippen LogP contribution in [-0.4, -0.2) is 15.1 Å². The van der Waals surface area contributed by atoms with Gasteiger partial charge in [-0.2, -0.15) is 0 Å². The summed E-state index contributed by atoms with van der Waals surface area (Å²) in [7, 11) is 0. The molecule has 0 radical (unpaired) electrons. The van der Waals surface area contributed by atoms with E-state index in [9.17, 15) is 0 Å². The Hall–Kier alpha value is -1.77. The second kappa shape index (κ2) is 6.12. The predicted octanol–water partition coefficient (Wildman–Crippen LogP) is 4.56. The van der Waals surface area contributed by atoms with Crippen molar-refractivity contribution in [3.8, 4) is 5.69 Å². The van der Waals surface area contributed by atoms with Crippen LogP contribution in [0.3, 0.4) is 0 Å². The molecule has 0 aliphatic carbocycles. The highest BCUT2D eigenvalue weighted by molar-refractivity contribution is 5.44. The summed E-state index contributed by atoms with van der Waals surface area (Å²) in [6.45, 7) is 8.75. The fourth-order valence-electron chi connectivity index (χ4n) is 2.62. The van der Waals surface area contributed by atoms with Gasteiger partial charge in [0.25, 0.3) is 0 Å². The van der Waals surface area contributed by atoms with E-state index in [0.717, 1.165) is 36.6 Å². The number of aryl methyl sites for hydroxylation is 1. The van der Waals surface area contributed by atoms with Gasteiger partial charge in [-0.05, 0) is 38.3 Å². The molecule has 0 saturated carbocycles. The summed E-state index contributed by atoms with van der Waals surface area (Å²) in [5.41, 5.74) is 2.31. The van der Waals surface area contributed by atoms with Crippen molar-refractivity contribution in [1.29, 1.82) is 0 Å². The molecule has 3 nitrogen and oxygen atoms in total. The van der Waals surface area contributed by atoms with Crippen LogP contribution in [-0.2, 0) is 0 Å². The Morgan fingerprint density at radius 1 is 1.05 bits per heavy atom. The molecule has 108 valence electrons. The molecule has 0 atom stereocenters. The van der Waals surface area contributed by atoms with Crippen LogP contribution in [0.1, 0.15) is 45.7 Å². The minimum absolute atomic E-state index is 0.129. The van der Waals surface area contributed by atoms with Crippen molar-refractivity contribution in [2.45, 2.75) is 52.5 Å². The lowest BCUT2D eigenvalue weighted by Gasteiger charge is -2.32. The van der Waals surface area contributed by atoms with E-state index in [1.165, 1.54) is 0 Å². The molecule has 1 N–H and O–H groups in total. The van der Waals surface area contributed by atoms with Crippen LogP contribution in [0.5, 0.6) is 0 Å². The third-order valence-electron chi connectivity index (χ3n) is 4.27. The lowest BCUT2D eigenvalue weighted by atomic mass is 9.90. The van der Waals surface area contributed by atoms with E-state index in [1.807, 2.05) is 13.0 Å². The Kier molecular flexibility index (Phi) is 4.48. The number of hydrogen-bond acceptors (Lipinski definition) is 2. The maximum absolute atomic E-state index is 4.67. The molecule has 0 aliphatic heterocycles. The molecule has 0 saturated heterocycles. The quantitative estimate of drug-likeness (QED) is 0.834. The second-order valence-corrected chi connectivity index (χ2v) is 5.38. The predicted molar refractivity (Wildman–Crippen MR) is 85.5 cm³/mol. The lowest BCUT2D eigenvalue weighted by molar-refractivity contribution is 0.416. The summed E-state index contributed by atoms with van der Waals surface area (Å²) < 4.78 is 2.14. The largest absolute Gasteiger partial charge is 0.350 e. The first-order valence-electron chi connectivity index (χ1n) is 7.53. The lowest BCUT2D eigenvalue weighted by Crippen LogP contribution is -2.37. The molecule has 2 rings (SSSR count). The first-order valence-corrected chi connectivity index (χ1v) is 7.53. The van der Waals surface area contributed by atoms with E-state index in [4.69, 9.17) is 0 Å². The standard InChI is InChI=1S/C17H25N3/c1-5-17(6-2,7-3)19-16-18-14(4)13-20(16)15-11-9-8-10-12-15/h8-13H,5-7H2,1-4H3,(H,18,19). The molecule has 20 heavy (non-hydrogen) atoms. The van der Waals surface area contributed by atoms with Crippen LogP contribution in [0, 0.1) is 6.92 Å². The van der Waals surface area contributed by atoms with Crippen molar-refractivity contribution in [1.82, 2.24) is 9.55 Å². The Morgan fingerprint density at radius 3 is 2.20 bits per heavy atom. The SMILES string of the molecule is CCC(CC)(CC)Nc1nc(C)cn1-c1ccccc1. The van der Waals surface area contributed by atoms with Crippen molar-refractivity contribution in [2.24, 2.45) is 0 Å². The van der Waals surface area contributed by atoms with E-state index < -0.39 is 0 Å². The molecule has 0 aliphatic rings. The molecule has 0 fully saturated rings. The molecule has 1 aromatic carbocycles. The van der Waals surface area contributed by atoms with Crippen LogP contribution >= 0.6 is 0 Å². The van der Waals surface area contributed by atoms with Gasteiger partial charge >= 0.3 is 0 Å². The minimum Gasteiger partial charge on any atom is -0.350 e. The zero-order valence-electron chi connectivity index (χ0n) is 13.0. The number of aromatic nitrogens is 2. The van der Waals surface area contributed by atoms with Crippen LogP contribution in [0.15, 0.2) is 36.5 Å². The molecule has 1 aromatic heterocycles. The van der Waals surface area contributed by atoms with Gasteiger partial charge in [0, 0.05) is 17.4 Å². The van der Waals surface area contributed by atoms with Gasteiger partial charge < -0.3 is 5.32 Å². The summed E-state index contributed by atoms with van der Waals surface area (Å²) in [5, 5.41) is 3.68. The van der Waals surface area contributed by atoms with Gasteiger partial charge in [-0.1, -0.05) is 39.0 Å². The third kappa shape index (κ3) is 2.87. The summed E-state index contributed by atoms with van der Waals surface area (Å²) >= 11 is 0. The fraction of sp³-hybridized carbons (Fsp3) is 0.471. The zero-order valence-corrected chi connectivity index (χ0v) is 13.0. The maximum atomic E-state index is 4.67. The van der Waals surface area contributed by atoms with E-state index in [0.29, 0.717) is 0 Å². The smallest absolute Gasteiger partial charge is 0.208 e. The number of hydrogen-bond donors (Lipinski definition) is 1. The molecular weight excluding hydrogens is 246 g/mol. The number of rotatable bonds is 6. The average Bonchev–Trinajstić information content (AvgIpc) is 2.86. The highest BCUT2D eigenvalue weighted by atomic mass is 15.2. The van der Waals surface area contributed by atoms with Crippen molar-refractivity contribution in [3.63, 3.8) is 0 Å². The Balaban J connectivity index is 2.38. The summed E-state index contributed by atoms with van der Waals surface area (Å²) in [6.07, 6.45) is 5.38. The fourth-order valence-corrected chi connectivity index (χ4v) is 2.62. The van der Waals surface area contributed by atoms with Gasteiger partial charge in [0.1, 0.15) is 0 Å². The summed E-state index contributed by atoms with van der Waals surface area (Å²) in [6, 6.07) is 10.4. The molecule has 3 heteroatoms. The summed E-state index contributed by atoms with van der Waals surface area (Å²) in [4.78, 5) is 4.67. The van der Waals surface area contributed by atoms with Crippen molar-refractivity contribution in [2.75, 3.05) is 5.32 Å². The molecule has 0 unspecified atom stereocenters. The van der Waals surface area contributed by atoms with E-state index >= 15 is 0 Å². The number of nitrogens with zero attached hydrogens (tertiary/aromatic N) is 2. The molecule has 0 amide bonds. The molecule has 0 spiro atoms. The van der Waals surface area contributed by atoms with E-state index in [2.05, 4.69) is 66.1 Å². The monoisotopic (exact) mass is 271 g/mol. The van der Waals surface area contributed by atoms with Gasteiger partial charge in [0.05, 0.1) is 5.69 Å². The summed E-state index contributed by atoms with van der Waals surface area (Å²) in [5.74, 6) is 0.944. The van der Waals surface area contributed by atoms with Gasteiger partial charge in [-0.25, -0.2) is 4.98 Å². The normalized spacial score (nSPS) is 11.6. The Labute approximate surface area is 122 Å². The van der Waals surface area contributed by atoms with Crippen molar-refractivity contribution >= 4 is 5.95 Å². The number of benzene rings is 1. The van der Waals surface area contributed by atoms with Gasteiger partial charge in [-0.15, -0.1) is 0 Å². The van der Waals surface area contributed by atoms with Crippen molar-refractivity contribution < 1.29 is 0 Å². The zero-order chi connectivity index (χ0) is 14.6. The average molecular weight is 271 g/mol. The topological polar surface area (TPSA) is 29.9 Å². The van der Waals surface area contributed by atoms with E-state index in [1.54, 1.807) is 0 Å². The second-order valence-electron chi connectivity index (χ2n) is 5.38. The highest BCUT2D eigenvalue weighted by Crippen LogP contribution is 2.26. The van der Waals surface area contributed by atoms with Gasteiger partial charge in [0.2, 0.25) is 5.95 Å².